The lowest BCUT2D eigenvalue weighted by atomic mass is 9.88. The lowest BCUT2D eigenvalue weighted by Gasteiger charge is -2.32. The fraction of sp³-hybridized carbons (Fsp3) is 0.480. The summed E-state index contributed by atoms with van der Waals surface area (Å²) in [5.74, 6) is 0.443. The van der Waals surface area contributed by atoms with Gasteiger partial charge in [-0.15, -0.1) is 0 Å². The Kier molecular flexibility index (Phi) is 6.08. The van der Waals surface area contributed by atoms with Crippen LogP contribution < -0.4 is 15.1 Å². The highest BCUT2D eigenvalue weighted by molar-refractivity contribution is 5.78. The van der Waals surface area contributed by atoms with Gasteiger partial charge in [0.05, 0.1) is 6.04 Å². The van der Waals surface area contributed by atoms with Crippen molar-refractivity contribution in [3.63, 3.8) is 0 Å². The molecule has 1 aliphatic heterocycles. The molecular formula is C25H33N3O. The first-order chi connectivity index (χ1) is 14.1. The van der Waals surface area contributed by atoms with E-state index in [4.69, 9.17) is 0 Å². The Balaban J connectivity index is 1.55. The van der Waals surface area contributed by atoms with Gasteiger partial charge < -0.3 is 15.1 Å². The number of rotatable bonds is 6. The van der Waals surface area contributed by atoms with Gasteiger partial charge >= 0.3 is 0 Å². The molecule has 2 aromatic rings. The van der Waals surface area contributed by atoms with Gasteiger partial charge in [0.1, 0.15) is 0 Å². The van der Waals surface area contributed by atoms with Crippen LogP contribution in [0.15, 0.2) is 48.5 Å². The van der Waals surface area contributed by atoms with Crippen molar-refractivity contribution in [2.45, 2.75) is 44.6 Å². The highest BCUT2D eigenvalue weighted by atomic mass is 16.1. The van der Waals surface area contributed by atoms with Crippen LogP contribution in [0.1, 0.15) is 49.3 Å². The van der Waals surface area contributed by atoms with Gasteiger partial charge in [0, 0.05) is 44.5 Å². The van der Waals surface area contributed by atoms with E-state index in [0.29, 0.717) is 6.54 Å². The number of nitrogens with zero attached hydrogens (tertiary/aromatic N) is 2. The molecule has 154 valence electrons. The van der Waals surface area contributed by atoms with Crippen molar-refractivity contribution in [2.75, 3.05) is 37.0 Å². The highest BCUT2D eigenvalue weighted by Gasteiger charge is 2.28. The Morgan fingerprint density at radius 2 is 1.79 bits per heavy atom. The second-order valence-electron chi connectivity index (χ2n) is 8.65. The van der Waals surface area contributed by atoms with Gasteiger partial charge in [-0.1, -0.05) is 49.6 Å². The molecular weight excluding hydrogens is 358 g/mol. The lowest BCUT2D eigenvalue weighted by Crippen LogP contribution is -2.40. The summed E-state index contributed by atoms with van der Waals surface area (Å²) in [5.41, 5.74) is 5.17. The van der Waals surface area contributed by atoms with Crippen molar-refractivity contribution >= 4 is 17.3 Å². The molecule has 4 heteroatoms. The standard InChI is InChI=1S/C25H33N3O/c1-27(2)22-14-12-20(13-15-22)24(18-26-25(29)21-9-4-3-5-10-21)28-17-16-19-8-6-7-11-23(19)28/h6-8,11-15,21,24H,3-5,9-10,16-18H2,1-2H3,(H,26,29)/t24-/m0/s1. The molecule has 1 aliphatic carbocycles. The topological polar surface area (TPSA) is 35.6 Å². The molecule has 29 heavy (non-hydrogen) atoms. The molecule has 1 heterocycles. The molecule has 1 N–H and O–H groups in total. The minimum atomic E-state index is 0.155. The molecule has 0 aromatic heterocycles. The number of para-hydroxylation sites is 1. The van der Waals surface area contributed by atoms with Gasteiger partial charge in [-0.3, -0.25) is 4.79 Å². The maximum absolute atomic E-state index is 12.8. The summed E-state index contributed by atoms with van der Waals surface area (Å²) in [4.78, 5) is 17.4. The van der Waals surface area contributed by atoms with Crippen molar-refractivity contribution in [2.24, 2.45) is 5.92 Å². The van der Waals surface area contributed by atoms with E-state index in [1.165, 1.54) is 41.8 Å². The fourth-order valence-electron chi connectivity index (χ4n) is 4.80. The molecule has 4 rings (SSSR count). The number of hydrogen-bond acceptors (Lipinski definition) is 3. The van der Waals surface area contributed by atoms with E-state index in [9.17, 15) is 4.79 Å². The normalized spacial score (nSPS) is 17.7. The van der Waals surface area contributed by atoms with E-state index in [2.05, 4.69) is 77.7 Å². The second-order valence-corrected chi connectivity index (χ2v) is 8.65. The van der Waals surface area contributed by atoms with Crippen LogP contribution in [0.2, 0.25) is 0 Å². The largest absolute Gasteiger partial charge is 0.378 e. The highest BCUT2D eigenvalue weighted by Crippen LogP contribution is 2.35. The van der Waals surface area contributed by atoms with Gasteiger partial charge in [-0.05, 0) is 48.6 Å². The maximum Gasteiger partial charge on any atom is 0.223 e. The van der Waals surface area contributed by atoms with Gasteiger partial charge in [-0.25, -0.2) is 0 Å². The van der Waals surface area contributed by atoms with Crippen LogP contribution in [0, 0.1) is 5.92 Å². The second kappa shape index (κ2) is 8.89. The number of carbonyl (C=O) groups is 1. The third-order valence-electron chi connectivity index (χ3n) is 6.54. The minimum absolute atomic E-state index is 0.155. The third kappa shape index (κ3) is 4.42. The monoisotopic (exact) mass is 391 g/mol. The fourth-order valence-corrected chi connectivity index (χ4v) is 4.80. The summed E-state index contributed by atoms with van der Waals surface area (Å²) in [5, 5.41) is 3.31. The number of amides is 1. The zero-order valence-corrected chi connectivity index (χ0v) is 17.7. The number of anilines is 2. The first-order valence-corrected chi connectivity index (χ1v) is 11.0. The van der Waals surface area contributed by atoms with Crippen LogP contribution in [0.4, 0.5) is 11.4 Å². The van der Waals surface area contributed by atoms with Gasteiger partial charge in [0.2, 0.25) is 5.91 Å². The average Bonchev–Trinajstić information content (AvgIpc) is 3.19. The molecule has 1 amide bonds. The van der Waals surface area contributed by atoms with Crippen molar-refractivity contribution in [1.82, 2.24) is 5.32 Å². The van der Waals surface area contributed by atoms with Gasteiger partial charge in [0.15, 0.2) is 0 Å². The Bertz CT molecular complexity index is 824. The number of benzene rings is 2. The SMILES string of the molecule is CN(C)c1ccc([C@H](CNC(=O)C2CCCCC2)N2CCc3ccccc32)cc1. The average molecular weight is 392 g/mol. The first-order valence-electron chi connectivity index (χ1n) is 11.0. The predicted octanol–water partition coefficient (Wildman–Crippen LogP) is 4.55. The number of carbonyl (C=O) groups excluding carboxylic acids is 1. The summed E-state index contributed by atoms with van der Waals surface area (Å²) in [7, 11) is 4.13. The molecule has 2 aliphatic rings. The van der Waals surface area contributed by atoms with Crippen molar-refractivity contribution in [3.05, 3.63) is 59.7 Å². The zero-order chi connectivity index (χ0) is 20.2. The Morgan fingerprint density at radius 3 is 2.52 bits per heavy atom. The van der Waals surface area contributed by atoms with Crippen LogP contribution in [0.25, 0.3) is 0 Å². The Labute approximate surface area is 174 Å². The predicted molar refractivity (Wildman–Crippen MR) is 121 cm³/mol. The number of nitrogens with one attached hydrogen (secondary N) is 1. The molecule has 1 atom stereocenters. The van der Waals surface area contributed by atoms with Crippen LogP contribution in [0.3, 0.4) is 0 Å². The molecule has 0 spiro atoms. The molecule has 0 unspecified atom stereocenters. The Hall–Kier alpha value is -2.49. The molecule has 0 bridgehead atoms. The van der Waals surface area contributed by atoms with Gasteiger partial charge in [0.25, 0.3) is 0 Å². The minimum Gasteiger partial charge on any atom is -0.378 e. The van der Waals surface area contributed by atoms with E-state index >= 15 is 0 Å². The van der Waals surface area contributed by atoms with Crippen molar-refractivity contribution < 1.29 is 4.79 Å². The lowest BCUT2D eigenvalue weighted by molar-refractivity contribution is -0.125. The number of fused-ring (bicyclic) bond motifs is 1. The summed E-state index contributed by atoms with van der Waals surface area (Å²) >= 11 is 0. The first kappa shape index (κ1) is 19.8. The van der Waals surface area contributed by atoms with E-state index in [-0.39, 0.29) is 17.9 Å². The quantitative estimate of drug-likeness (QED) is 0.784. The summed E-state index contributed by atoms with van der Waals surface area (Å²) < 4.78 is 0. The molecule has 4 nitrogen and oxygen atoms in total. The molecule has 0 radical (unpaired) electrons. The summed E-state index contributed by atoms with van der Waals surface area (Å²) in [6, 6.07) is 17.6. The Morgan fingerprint density at radius 1 is 1.07 bits per heavy atom. The van der Waals surface area contributed by atoms with Crippen LogP contribution >= 0.6 is 0 Å². The molecule has 2 aromatic carbocycles. The van der Waals surface area contributed by atoms with Crippen molar-refractivity contribution in [1.29, 1.82) is 0 Å². The summed E-state index contributed by atoms with van der Waals surface area (Å²) in [6.45, 7) is 1.66. The zero-order valence-electron chi connectivity index (χ0n) is 17.7. The van der Waals surface area contributed by atoms with E-state index in [1.54, 1.807) is 0 Å². The van der Waals surface area contributed by atoms with E-state index in [0.717, 1.165) is 25.8 Å². The molecule has 1 fully saturated rings. The third-order valence-corrected chi connectivity index (χ3v) is 6.54. The van der Waals surface area contributed by atoms with Crippen molar-refractivity contribution in [3.8, 4) is 0 Å². The van der Waals surface area contributed by atoms with Gasteiger partial charge in [-0.2, -0.15) is 0 Å². The van der Waals surface area contributed by atoms with Crippen LogP contribution in [0.5, 0.6) is 0 Å². The summed E-state index contributed by atoms with van der Waals surface area (Å²) in [6.07, 6.45) is 6.80. The maximum atomic E-state index is 12.8. The molecule has 1 saturated carbocycles. The van der Waals surface area contributed by atoms with Crippen LogP contribution in [-0.2, 0) is 11.2 Å². The number of hydrogen-bond donors (Lipinski definition) is 1. The van der Waals surface area contributed by atoms with E-state index < -0.39 is 0 Å². The smallest absolute Gasteiger partial charge is 0.223 e. The molecule has 0 saturated heterocycles. The van der Waals surface area contributed by atoms with Crippen LogP contribution in [-0.4, -0.2) is 33.1 Å². The van der Waals surface area contributed by atoms with E-state index in [1.807, 2.05) is 0 Å².